The van der Waals surface area contributed by atoms with Crippen LogP contribution < -0.4 is 4.90 Å². The third kappa shape index (κ3) is 6.04. The average Bonchev–Trinajstić information content (AvgIpc) is 3.75. The maximum absolute atomic E-state index is 6.89. The minimum atomic E-state index is 0.865. The maximum Gasteiger partial charge on any atom is 0.145 e. The molecule has 0 radical (unpaired) electrons. The molecule has 2 nitrogen and oxygen atoms in total. The molecule has 0 fully saturated rings. The second-order valence-electron chi connectivity index (χ2n) is 16.0. The third-order valence-corrected chi connectivity index (χ3v) is 12.5. The van der Waals surface area contributed by atoms with Crippen LogP contribution in [0.25, 0.3) is 98.8 Å². The smallest absolute Gasteiger partial charge is 0.145 e. The van der Waals surface area contributed by atoms with E-state index in [1.54, 1.807) is 0 Å². The number of nitrogens with zero attached hydrogens (tertiary/aromatic N) is 1. The first-order valence-corrected chi connectivity index (χ1v) is 21.2. The van der Waals surface area contributed by atoms with Gasteiger partial charge in [-0.1, -0.05) is 188 Å². The average molecular weight is 790 g/mol. The molecule has 1 heterocycles. The molecule has 11 aromatic carbocycles. The van der Waals surface area contributed by atoms with Crippen molar-refractivity contribution in [1.29, 1.82) is 0 Å². The van der Waals surface area contributed by atoms with E-state index in [1.807, 2.05) is 0 Å². The standard InChI is InChI=1S/C60H39NO/c1-2-13-40(14-3-1)41-25-27-42(28-26-41)43-29-33-47(34-30-43)61(48-35-31-45(32-36-48)56-39-46-16-5-7-19-50(46)51-20-8-9-21-53(51)56)57-38-37-54(52-23-12-17-44-15-4-6-18-49(44)52)60-59(57)55-22-10-11-24-58(55)62-60/h1-39H. The zero-order valence-corrected chi connectivity index (χ0v) is 33.9. The summed E-state index contributed by atoms with van der Waals surface area (Å²) in [5.74, 6) is 0. The summed E-state index contributed by atoms with van der Waals surface area (Å²) in [6.07, 6.45) is 0. The SMILES string of the molecule is c1ccc(-c2ccc(-c3ccc(N(c4ccc(-c5cc6ccccc6c6ccccc56)cc4)c4ccc(-c5cccc6ccccc56)c5oc6ccccc6c45)cc3)cc2)cc1. The summed E-state index contributed by atoms with van der Waals surface area (Å²) in [7, 11) is 0. The highest BCUT2D eigenvalue weighted by Gasteiger charge is 2.23. The van der Waals surface area contributed by atoms with Crippen molar-refractivity contribution in [2.45, 2.75) is 0 Å². The second kappa shape index (κ2) is 14.8. The van der Waals surface area contributed by atoms with Crippen molar-refractivity contribution in [3.05, 3.63) is 237 Å². The van der Waals surface area contributed by atoms with Crippen molar-refractivity contribution in [2.24, 2.45) is 0 Å². The highest BCUT2D eigenvalue weighted by Crippen LogP contribution is 2.47. The lowest BCUT2D eigenvalue weighted by atomic mass is 9.93. The summed E-state index contributed by atoms with van der Waals surface area (Å²) in [4.78, 5) is 2.39. The van der Waals surface area contributed by atoms with Crippen LogP contribution in [0.4, 0.5) is 17.1 Å². The molecule has 0 spiro atoms. The number of anilines is 3. The Balaban J connectivity index is 1.03. The minimum absolute atomic E-state index is 0.865. The lowest BCUT2D eigenvalue weighted by Crippen LogP contribution is -2.10. The number of para-hydroxylation sites is 1. The molecular formula is C60H39NO. The number of furan rings is 1. The molecule has 62 heavy (non-hydrogen) atoms. The van der Waals surface area contributed by atoms with Gasteiger partial charge in [0.2, 0.25) is 0 Å². The van der Waals surface area contributed by atoms with Crippen LogP contribution in [0.3, 0.4) is 0 Å². The van der Waals surface area contributed by atoms with Crippen LogP contribution in [0.2, 0.25) is 0 Å². The summed E-state index contributed by atoms with van der Waals surface area (Å²) in [6, 6.07) is 85.3. The number of benzene rings is 11. The highest BCUT2D eigenvalue weighted by atomic mass is 16.3. The van der Waals surface area contributed by atoms with Crippen LogP contribution in [0.1, 0.15) is 0 Å². The molecule has 0 aliphatic heterocycles. The van der Waals surface area contributed by atoms with Crippen molar-refractivity contribution in [3.8, 4) is 44.5 Å². The number of hydrogen-bond acceptors (Lipinski definition) is 2. The molecular weight excluding hydrogens is 751 g/mol. The van der Waals surface area contributed by atoms with E-state index in [1.165, 1.54) is 60.1 Å². The Bertz CT molecular complexity index is 3600. The Morgan fingerprint density at radius 3 is 1.52 bits per heavy atom. The van der Waals surface area contributed by atoms with Gasteiger partial charge in [-0.05, 0) is 120 Å². The van der Waals surface area contributed by atoms with E-state index in [-0.39, 0.29) is 0 Å². The molecule has 2 heteroatoms. The molecule has 0 atom stereocenters. The maximum atomic E-state index is 6.89. The first kappa shape index (κ1) is 35.7. The Kier molecular flexibility index (Phi) is 8.53. The van der Waals surface area contributed by atoms with Crippen LogP contribution in [0, 0.1) is 0 Å². The third-order valence-electron chi connectivity index (χ3n) is 12.5. The molecule has 0 unspecified atom stereocenters. The monoisotopic (exact) mass is 789 g/mol. The second-order valence-corrected chi connectivity index (χ2v) is 16.0. The van der Waals surface area contributed by atoms with Crippen LogP contribution >= 0.6 is 0 Å². The lowest BCUT2D eigenvalue weighted by molar-refractivity contribution is 0.670. The van der Waals surface area contributed by atoms with E-state index in [0.29, 0.717) is 0 Å². The van der Waals surface area contributed by atoms with Gasteiger partial charge in [-0.15, -0.1) is 0 Å². The molecule has 0 amide bonds. The zero-order chi connectivity index (χ0) is 41.0. The summed E-state index contributed by atoms with van der Waals surface area (Å²) in [5, 5.41) is 9.59. The minimum Gasteiger partial charge on any atom is -0.455 e. The van der Waals surface area contributed by atoms with Gasteiger partial charge in [0.05, 0.1) is 11.1 Å². The topological polar surface area (TPSA) is 16.4 Å². The van der Waals surface area contributed by atoms with Gasteiger partial charge in [-0.25, -0.2) is 0 Å². The largest absolute Gasteiger partial charge is 0.455 e. The number of rotatable bonds is 7. The van der Waals surface area contributed by atoms with Crippen LogP contribution in [-0.2, 0) is 0 Å². The lowest BCUT2D eigenvalue weighted by Gasteiger charge is -2.27. The van der Waals surface area contributed by atoms with Gasteiger partial charge in [-0.3, -0.25) is 0 Å². The van der Waals surface area contributed by atoms with Gasteiger partial charge in [0.25, 0.3) is 0 Å². The van der Waals surface area contributed by atoms with Gasteiger partial charge in [0, 0.05) is 22.3 Å². The van der Waals surface area contributed by atoms with Gasteiger partial charge < -0.3 is 9.32 Å². The molecule has 12 aromatic rings. The van der Waals surface area contributed by atoms with Crippen molar-refractivity contribution >= 4 is 71.3 Å². The molecule has 0 saturated carbocycles. The van der Waals surface area contributed by atoms with Crippen molar-refractivity contribution < 1.29 is 4.42 Å². The fraction of sp³-hybridized carbons (Fsp3) is 0. The van der Waals surface area contributed by atoms with Gasteiger partial charge in [0.15, 0.2) is 0 Å². The van der Waals surface area contributed by atoms with Crippen molar-refractivity contribution in [1.82, 2.24) is 0 Å². The Labute approximate surface area is 360 Å². The normalized spacial score (nSPS) is 11.5. The van der Waals surface area contributed by atoms with Crippen LogP contribution in [0.5, 0.6) is 0 Å². The predicted molar refractivity (Wildman–Crippen MR) is 263 cm³/mol. The number of fused-ring (bicyclic) bond motifs is 7. The van der Waals surface area contributed by atoms with Gasteiger partial charge >= 0.3 is 0 Å². The van der Waals surface area contributed by atoms with E-state index in [4.69, 9.17) is 4.42 Å². The van der Waals surface area contributed by atoms with E-state index in [9.17, 15) is 0 Å². The summed E-state index contributed by atoms with van der Waals surface area (Å²) in [6.45, 7) is 0. The van der Waals surface area contributed by atoms with E-state index in [0.717, 1.165) is 55.7 Å². The molecule has 0 saturated heterocycles. The molecule has 0 bridgehead atoms. The highest BCUT2D eigenvalue weighted by molar-refractivity contribution is 6.19. The summed E-state index contributed by atoms with van der Waals surface area (Å²) in [5.41, 5.74) is 14.3. The predicted octanol–water partition coefficient (Wildman–Crippen LogP) is 17.2. The summed E-state index contributed by atoms with van der Waals surface area (Å²) >= 11 is 0. The van der Waals surface area contributed by atoms with Gasteiger partial charge in [0.1, 0.15) is 11.2 Å². The molecule has 290 valence electrons. The van der Waals surface area contributed by atoms with Crippen LogP contribution in [0.15, 0.2) is 241 Å². The Morgan fingerprint density at radius 2 is 0.806 bits per heavy atom. The first-order chi connectivity index (χ1) is 30.7. The Hall–Kier alpha value is -8.20. The summed E-state index contributed by atoms with van der Waals surface area (Å²) < 4.78 is 6.89. The van der Waals surface area contributed by atoms with Crippen LogP contribution in [-0.4, -0.2) is 0 Å². The quantitative estimate of drug-likeness (QED) is 0.150. The zero-order valence-electron chi connectivity index (χ0n) is 33.9. The molecule has 0 N–H and O–H groups in total. The Morgan fingerprint density at radius 1 is 0.290 bits per heavy atom. The van der Waals surface area contributed by atoms with Crippen molar-refractivity contribution in [3.63, 3.8) is 0 Å². The van der Waals surface area contributed by atoms with E-state index >= 15 is 0 Å². The van der Waals surface area contributed by atoms with Crippen molar-refractivity contribution in [2.75, 3.05) is 4.90 Å². The fourth-order valence-electron chi connectivity index (χ4n) is 9.47. The molecule has 0 aliphatic rings. The van der Waals surface area contributed by atoms with E-state index in [2.05, 4.69) is 241 Å². The first-order valence-electron chi connectivity index (χ1n) is 21.2. The molecule has 12 rings (SSSR count). The molecule has 0 aliphatic carbocycles. The van der Waals surface area contributed by atoms with E-state index < -0.39 is 0 Å². The van der Waals surface area contributed by atoms with Gasteiger partial charge in [-0.2, -0.15) is 0 Å². The molecule has 1 aromatic heterocycles. The fourth-order valence-corrected chi connectivity index (χ4v) is 9.47. The number of hydrogen-bond donors (Lipinski definition) is 0.